The molecule has 0 spiro atoms. The summed E-state index contributed by atoms with van der Waals surface area (Å²) in [6.45, 7) is 2.44. The molecule has 1 atom stereocenters. The standard InChI is InChI=1S/C22H24N4O3/c1-15-23-11-10-18(25-15)22(27)26-12-6-5-8-19(26)21-24-14-17(29-21)13-16-7-3-4-9-20(16)28-2/h3-4,7,9-11,14,19H,5-6,8,12-13H2,1-2H3/t19-/m1/s1. The SMILES string of the molecule is COc1ccccc1Cc1cnc([C@H]2CCCCN2C(=O)c2ccnc(C)n2)o1. The Balaban J connectivity index is 1.55. The zero-order valence-corrected chi connectivity index (χ0v) is 16.7. The second kappa shape index (κ2) is 8.43. The van der Waals surface area contributed by atoms with E-state index >= 15 is 0 Å². The monoisotopic (exact) mass is 392 g/mol. The highest BCUT2D eigenvalue weighted by atomic mass is 16.5. The summed E-state index contributed by atoms with van der Waals surface area (Å²) in [5.74, 6) is 2.62. The summed E-state index contributed by atoms with van der Waals surface area (Å²) in [5, 5.41) is 0. The summed E-state index contributed by atoms with van der Waals surface area (Å²) in [4.78, 5) is 27.8. The van der Waals surface area contributed by atoms with Crippen LogP contribution in [0.4, 0.5) is 0 Å². The predicted octanol–water partition coefficient (Wildman–Crippen LogP) is 3.74. The van der Waals surface area contributed by atoms with Gasteiger partial charge in [0.25, 0.3) is 5.91 Å². The van der Waals surface area contributed by atoms with Gasteiger partial charge < -0.3 is 14.1 Å². The molecule has 1 amide bonds. The highest BCUT2D eigenvalue weighted by Crippen LogP contribution is 2.32. The van der Waals surface area contributed by atoms with E-state index in [-0.39, 0.29) is 11.9 Å². The van der Waals surface area contributed by atoms with Gasteiger partial charge in [-0.25, -0.2) is 15.0 Å². The number of carbonyl (C=O) groups is 1. The number of hydrogen-bond donors (Lipinski definition) is 0. The first-order valence-corrected chi connectivity index (χ1v) is 9.83. The summed E-state index contributed by atoms with van der Waals surface area (Å²) >= 11 is 0. The maximum atomic E-state index is 13.1. The van der Waals surface area contributed by atoms with E-state index in [1.54, 1.807) is 32.5 Å². The molecule has 1 aromatic carbocycles. The van der Waals surface area contributed by atoms with Gasteiger partial charge in [-0.2, -0.15) is 0 Å². The number of para-hydroxylation sites is 1. The van der Waals surface area contributed by atoms with Crippen molar-refractivity contribution < 1.29 is 13.9 Å². The first kappa shape index (κ1) is 19.1. The molecule has 0 aliphatic carbocycles. The lowest BCUT2D eigenvalue weighted by Crippen LogP contribution is -2.39. The van der Waals surface area contributed by atoms with Gasteiger partial charge in [-0.05, 0) is 38.3 Å². The summed E-state index contributed by atoms with van der Waals surface area (Å²) < 4.78 is 11.5. The van der Waals surface area contributed by atoms with Crippen LogP contribution in [0.1, 0.15) is 58.8 Å². The van der Waals surface area contributed by atoms with Crippen LogP contribution < -0.4 is 4.74 Å². The van der Waals surface area contributed by atoms with Crippen LogP contribution in [0, 0.1) is 6.92 Å². The minimum atomic E-state index is -0.182. The number of piperidine rings is 1. The molecular weight excluding hydrogens is 368 g/mol. The Morgan fingerprint density at radius 1 is 1.24 bits per heavy atom. The van der Waals surface area contributed by atoms with Gasteiger partial charge in [0.1, 0.15) is 29.1 Å². The average molecular weight is 392 g/mol. The molecule has 29 heavy (non-hydrogen) atoms. The van der Waals surface area contributed by atoms with Crippen LogP contribution in [-0.2, 0) is 6.42 Å². The lowest BCUT2D eigenvalue weighted by molar-refractivity contribution is 0.0563. The number of methoxy groups -OCH3 is 1. The van der Waals surface area contributed by atoms with E-state index in [4.69, 9.17) is 9.15 Å². The van der Waals surface area contributed by atoms with E-state index in [0.717, 1.165) is 36.3 Å². The fourth-order valence-corrected chi connectivity index (χ4v) is 3.75. The van der Waals surface area contributed by atoms with Crippen molar-refractivity contribution in [2.45, 2.75) is 38.6 Å². The normalized spacial score (nSPS) is 16.6. The molecule has 0 N–H and O–H groups in total. The quantitative estimate of drug-likeness (QED) is 0.658. The highest BCUT2D eigenvalue weighted by molar-refractivity contribution is 5.92. The Morgan fingerprint density at radius 3 is 2.93 bits per heavy atom. The predicted molar refractivity (Wildman–Crippen MR) is 107 cm³/mol. The van der Waals surface area contributed by atoms with E-state index in [2.05, 4.69) is 15.0 Å². The zero-order chi connectivity index (χ0) is 20.2. The summed E-state index contributed by atoms with van der Waals surface area (Å²) in [6, 6.07) is 9.32. The second-order valence-electron chi connectivity index (χ2n) is 7.15. The number of rotatable bonds is 5. The number of ether oxygens (including phenoxy) is 1. The number of carbonyl (C=O) groups excluding carboxylic acids is 1. The zero-order valence-electron chi connectivity index (χ0n) is 16.7. The summed E-state index contributed by atoms with van der Waals surface area (Å²) in [6.07, 6.45) is 6.76. The number of nitrogens with zero attached hydrogens (tertiary/aromatic N) is 4. The van der Waals surface area contributed by atoms with Crippen molar-refractivity contribution in [3.63, 3.8) is 0 Å². The van der Waals surface area contributed by atoms with Crippen molar-refractivity contribution >= 4 is 5.91 Å². The van der Waals surface area contributed by atoms with Crippen molar-refractivity contribution in [2.75, 3.05) is 13.7 Å². The van der Waals surface area contributed by atoms with Gasteiger partial charge in [0.15, 0.2) is 0 Å². The van der Waals surface area contributed by atoms with E-state index in [1.165, 1.54) is 0 Å². The molecule has 1 saturated heterocycles. The second-order valence-corrected chi connectivity index (χ2v) is 7.15. The molecule has 0 unspecified atom stereocenters. The van der Waals surface area contributed by atoms with Gasteiger partial charge in [0.05, 0.1) is 13.3 Å². The fraction of sp³-hybridized carbons (Fsp3) is 0.364. The van der Waals surface area contributed by atoms with Crippen molar-refractivity contribution in [1.29, 1.82) is 0 Å². The van der Waals surface area contributed by atoms with Gasteiger partial charge in [0.2, 0.25) is 5.89 Å². The van der Waals surface area contributed by atoms with Crippen LogP contribution >= 0.6 is 0 Å². The smallest absolute Gasteiger partial charge is 0.273 e. The van der Waals surface area contributed by atoms with Gasteiger partial charge in [0, 0.05) is 24.7 Å². The van der Waals surface area contributed by atoms with Crippen LogP contribution in [0.5, 0.6) is 5.75 Å². The first-order valence-electron chi connectivity index (χ1n) is 9.83. The van der Waals surface area contributed by atoms with Gasteiger partial charge in [-0.3, -0.25) is 4.79 Å². The molecule has 4 rings (SSSR count). The first-order chi connectivity index (χ1) is 14.2. The maximum absolute atomic E-state index is 13.1. The van der Waals surface area contributed by atoms with Crippen LogP contribution in [-0.4, -0.2) is 39.4 Å². The lowest BCUT2D eigenvalue weighted by atomic mass is 10.0. The number of aryl methyl sites for hydroxylation is 1. The van der Waals surface area contributed by atoms with Gasteiger partial charge >= 0.3 is 0 Å². The molecular formula is C22H24N4O3. The third kappa shape index (κ3) is 4.13. The van der Waals surface area contributed by atoms with Crippen LogP contribution in [0.2, 0.25) is 0 Å². The Kier molecular flexibility index (Phi) is 5.55. The molecule has 0 radical (unpaired) electrons. The number of oxazole rings is 1. The number of hydrogen-bond acceptors (Lipinski definition) is 6. The third-order valence-corrected chi connectivity index (χ3v) is 5.17. The number of aromatic nitrogens is 3. The van der Waals surface area contributed by atoms with Crippen molar-refractivity contribution in [2.24, 2.45) is 0 Å². The Hall–Kier alpha value is -3.22. The topological polar surface area (TPSA) is 81.4 Å². The number of likely N-dealkylation sites (tertiary alicyclic amines) is 1. The number of benzene rings is 1. The van der Waals surface area contributed by atoms with Gasteiger partial charge in [-0.1, -0.05) is 18.2 Å². The molecule has 0 bridgehead atoms. The molecule has 3 heterocycles. The summed E-state index contributed by atoms with van der Waals surface area (Å²) in [5.41, 5.74) is 1.44. The van der Waals surface area contributed by atoms with Crippen LogP contribution in [0.15, 0.2) is 47.1 Å². The number of amides is 1. The largest absolute Gasteiger partial charge is 0.496 e. The minimum Gasteiger partial charge on any atom is -0.496 e. The third-order valence-electron chi connectivity index (χ3n) is 5.17. The molecule has 3 aromatic rings. The van der Waals surface area contributed by atoms with Crippen molar-refractivity contribution in [3.05, 3.63) is 71.5 Å². The molecule has 2 aromatic heterocycles. The molecule has 1 aliphatic heterocycles. The molecule has 7 heteroatoms. The average Bonchev–Trinajstić information content (AvgIpc) is 3.22. The van der Waals surface area contributed by atoms with Crippen molar-refractivity contribution in [1.82, 2.24) is 19.9 Å². The summed E-state index contributed by atoms with van der Waals surface area (Å²) in [7, 11) is 1.66. The van der Waals surface area contributed by atoms with Gasteiger partial charge in [-0.15, -0.1) is 0 Å². The highest BCUT2D eigenvalue weighted by Gasteiger charge is 2.32. The minimum absolute atomic E-state index is 0.107. The van der Waals surface area contributed by atoms with E-state index in [1.807, 2.05) is 29.2 Å². The molecule has 7 nitrogen and oxygen atoms in total. The Morgan fingerprint density at radius 2 is 2.10 bits per heavy atom. The molecule has 150 valence electrons. The van der Waals surface area contributed by atoms with Crippen LogP contribution in [0.25, 0.3) is 0 Å². The molecule has 1 fully saturated rings. The van der Waals surface area contributed by atoms with Crippen molar-refractivity contribution in [3.8, 4) is 5.75 Å². The lowest BCUT2D eigenvalue weighted by Gasteiger charge is -2.33. The fourth-order valence-electron chi connectivity index (χ4n) is 3.75. The Labute approximate surface area is 169 Å². The van der Waals surface area contributed by atoms with Crippen LogP contribution in [0.3, 0.4) is 0 Å². The van der Waals surface area contributed by atoms with E-state index < -0.39 is 0 Å². The van der Waals surface area contributed by atoms with E-state index in [0.29, 0.717) is 30.4 Å². The maximum Gasteiger partial charge on any atom is 0.273 e. The molecule has 1 aliphatic rings. The molecule has 0 saturated carbocycles. The van der Waals surface area contributed by atoms with E-state index in [9.17, 15) is 4.79 Å². The Bertz CT molecular complexity index is 1000.